The summed E-state index contributed by atoms with van der Waals surface area (Å²) < 4.78 is 5.66. The first-order valence-corrected chi connectivity index (χ1v) is 8.18. The Balaban J connectivity index is 2.00. The van der Waals surface area contributed by atoms with E-state index >= 15 is 0 Å². The number of ether oxygens (including phenoxy) is 1. The predicted molar refractivity (Wildman–Crippen MR) is 96.6 cm³/mol. The van der Waals surface area contributed by atoms with Crippen LogP contribution in [-0.2, 0) is 0 Å². The van der Waals surface area contributed by atoms with Crippen molar-refractivity contribution in [2.75, 3.05) is 18.9 Å². The van der Waals surface area contributed by atoms with Crippen molar-refractivity contribution < 1.29 is 9.53 Å². The van der Waals surface area contributed by atoms with Crippen molar-refractivity contribution in [2.24, 2.45) is 5.92 Å². The Morgan fingerprint density at radius 3 is 2.84 bits per heavy atom. The largest absolute Gasteiger partial charge is 0.439 e. The van der Waals surface area contributed by atoms with Crippen molar-refractivity contribution >= 4 is 11.7 Å². The van der Waals surface area contributed by atoms with Gasteiger partial charge in [0.2, 0.25) is 5.88 Å². The van der Waals surface area contributed by atoms with Crippen LogP contribution in [0.5, 0.6) is 11.6 Å². The molecule has 0 bridgehead atoms. The van der Waals surface area contributed by atoms with Crippen LogP contribution in [-0.4, -0.2) is 29.5 Å². The molecule has 2 aromatic rings. The molecule has 1 aromatic carbocycles. The number of pyridine rings is 1. The molecule has 1 atom stereocenters. The average molecular weight is 338 g/mol. The molecule has 0 saturated heterocycles. The van der Waals surface area contributed by atoms with E-state index in [9.17, 15) is 4.79 Å². The number of hydrogen-bond acceptors (Lipinski definition) is 4. The van der Waals surface area contributed by atoms with Crippen molar-refractivity contribution in [3.8, 4) is 17.7 Å². The number of carbonyl (C=O) groups is 1. The number of aromatic nitrogens is 1. The van der Waals surface area contributed by atoms with Crippen LogP contribution in [0.1, 0.15) is 25.8 Å². The van der Waals surface area contributed by atoms with Gasteiger partial charge >= 0.3 is 6.03 Å². The number of benzene rings is 1. The van der Waals surface area contributed by atoms with E-state index in [2.05, 4.69) is 24.1 Å². The van der Waals surface area contributed by atoms with Crippen LogP contribution in [0.3, 0.4) is 0 Å². The molecule has 0 unspecified atom stereocenters. The Kier molecular flexibility index (Phi) is 6.35. The molecule has 2 rings (SSSR count). The van der Waals surface area contributed by atoms with E-state index in [1.54, 1.807) is 48.3 Å². The van der Waals surface area contributed by atoms with Gasteiger partial charge in [-0.1, -0.05) is 26.3 Å². The molecule has 0 spiro atoms. The smallest absolute Gasteiger partial charge is 0.321 e. The zero-order valence-electron chi connectivity index (χ0n) is 14.7. The maximum atomic E-state index is 12.2. The predicted octanol–water partition coefficient (Wildman–Crippen LogP) is 4.26. The molecule has 0 aliphatic rings. The standard InChI is InChI=1S/C19H22N4O2/c1-4-14(2)13-23(3)19(24)22-16-6-5-7-17(10-16)25-18-9-8-15(11-20)12-21-18/h5-10,12,14H,4,13H2,1-3H3,(H,22,24)/t14-/m0/s1. The third kappa shape index (κ3) is 5.50. The highest BCUT2D eigenvalue weighted by molar-refractivity contribution is 5.89. The van der Waals surface area contributed by atoms with Gasteiger partial charge in [0.15, 0.2) is 0 Å². The van der Waals surface area contributed by atoms with Crippen LogP contribution in [0.4, 0.5) is 10.5 Å². The van der Waals surface area contributed by atoms with E-state index in [0.29, 0.717) is 35.3 Å². The molecular weight excluding hydrogens is 316 g/mol. The first kappa shape index (κ1) is 18.3. The van der Waals surface area contributed by atoms with Crippen LogP contribution in [0.25, 0.3) is 0 Å². The highest BCUT2D eigenvalue weighted by Gasteiger charge is 2.12. The molecule has 0 aliphatic carbocycles. The number of nitrogens with zero attached hydrogens (tertiary/aromatic N) is 3. The highest BCUT2D eigenvalue weighted by atomic mass is 16.5. The molecule has 0 radical (unpaired) electrons. The fourth-order valence-electron chi connectivity index (χ4n) is 2.16. The molecule has 0 aliphatic heterocycles. The minimum atomic E-state index is -0.158. The van der Waals surface area contributed by atoms with Crippen molar-refractivity contribution in [1.82, 2.24) is 9.88 Å². The third-order valence-corrected chi connectivity index (χ3v) is 3.80. The molecule has 0 saturated carbocycles. The van der Waals surface area contributed by atoms with Crippen molar-refractivity contribution in [1.29, 1.82) is 5.26 Å². The minimum Gasteiger partial charge on any atom is -0.439 e. The summed E-state index contributed by atoms with van der Waals surface area (Å²) in [6, 6.07) is 12.2. The zero-order valence-corrected chi connectivity index (χ0v) is 14.7. The van der Waals surface area contributed by atoms with Gasteiger partial charge in [0.05, 0.1) is 5.56 Å². The highest BCUT2D eigenvalue weighted by Crippen LogP contribution is 2.23. The number of hydrogen-bond donors (Lipinski definition) is 1. The molecular formula is C19H22N4O2. The fraction of sp³-hybridized carbons (Fsp3) is 0.316. The Morgan fingerprint density at radius 2 is 2.20 bits per heavy atom. The summed E-state index contributed by atoms with van der Waals surface area (Å²) in [7, 11) is 1.78. The van der Waals surface area contributed by atoms with Gasteiger partial charge < -0.3 is 15.0 Å². The molecule has 6 nitrogen and oxygen atoms in total. The van der Waals surface area contributed by atoms with E-state index in [0.717, 1.165) is 6.42 Å². The van der Waals surface area contributed by atoms with Crippen LogP contribution < -0.4 is 10.1 Å². The molecule has 1 heterocycles. The van der Waals surface area contributed by atoms with E-state index < -0.39 is 0 Å². The van der Waals surface area contributed by atoms with Crippen LogP contribution >= 0.6 is 0 Å². The van der Waals surface area contributed by atoms with E-state index in [4.69, 9.17) is 10.00 Å². The fourth-order valence-corrected chi connectivity index (χ4v) is 2.16. The van der Waals surface area contributed by atoms with Crippen molar-refractivity contribution in [2.45, 2.75) is 20.3 Å². The van der Waals surface area contributed by atoms with E-state index in [-0.39, 0.29) is 6.03 Å². The Morgan fingerprint density at radius 1 is 1.40 bits per heavy atom. The van der Waals surface area contributed by atoms with Gasteiger partial charge in [0, 0.05) is 37.6 Å². The van der Waals surface area contributed by atoms with E-state index in [1.165, 1.54) is 6.20 Å². The number of carbonyl (C=O) groups excluding carboxylic acids is 1. The monoisotopic (exact) mass is 338 g/mol. The van der Waals surface area contributed by atoms with Crippen molar-refractivity contribution in [3.05, 3.63) is 48.2 Å². The lowest BCUT2D eigenvalue weighted by molar-refractivity contribution is 0.215. The quantitative estimate of drug-likeness (QED) is 0.854. The first-order valence-electron chi connectivity index (χ1n) is 8.18. The molecule has 2 amide bonds. The third-order valence-electron chi connectivity index (χ3n) is 3.80. The van der Waals surface area contributed by atoms with Gasteiger partial charge in [-0.2, -0.15) is 5.26 Å². The van der Waals surface area contributed by atoms with E-state index in [1.807, 2.05) is 6.07 Å². The topological polar surface area (TPSA) is 78.3 Å². The zero-order chi connectivity index (χ0) is 18.2. The lowest BCUT2D eigenvalue weighted by atomic mass is 10.1. The minimum absolute atomic E-state index is 0.158. The van der Waals surface area contributed by atoms with Gasteiger partial charge in [0.1, 0.15) is 11.8 Å². The van der Waals surface area contributed by atoms with Crippen LogP contribution in [0.15, 0.2) is 42.6 Å². The Hall–Kier alpha value is -3.07. The van der Waals surface area contributed by atoms with Gasteiger partial charge in [-0.15, -0.1) is 0 Å². The second kappa shape index (κ2) is 8.69. The maximum Gasteiger partial charge on any atom is 0.321 e. The molecule has 130 valence electrons. The number of nitriles is 1. The van der Waals surface area contributed by atoms with Crippen LogP contribution in [0, 0.1) is 17.2 Å². The second-order valence-corrected chi connectivity index (χ2v) is 5.95. The second-order valence-electron chi connectivity index (χ2n) is 5.95. The van der Waals surface area contributed by atoms with Crippen LogP contribution in [0.2, 0.25) is 0 Å². The summed E-state index contributed by atoms with van der Waals surface area (Å²) in [4.78, 5) is 18.0. The summed E-state index contributed by atoms with van der Waals surface area (Å²) >= 11 is 0. The van der Waals surface area contributed by atoms with Gasteiger partial charge in [0.25, 0.3) is 0 Å². The Bertz CT molecular complexity index is 753. The molecule has 1 aromatic heterocycles. The Labute approximate surface area is 148 Å². The summed E-state index contributed by atoms with van der Waals surface area (Å²) in [6.07, 6.45) is 2.48. The van der Waals surface area contributed by atoms with Crippen molar-refractivity contribution in [3.63, 3.8) is 0 Å². The summed E-state index contributed by atoms with van der Waals surface area (Å²) in [6.45, 7) is 4.92. The number of amides is 2. The SMILES string of the molecule is CC[C@H](C)CN(C)C(=O)Nc1cccc(Oc2ccc(C#N)cn2)c1. The molecule has 0 fully saturated rings. The lowest BCUT2D eigenvalue weighted by Crippen LogP contribution is -2.34. The summed E-state index contributed by atoms with van der Waals surface area (Å²) in [5.74, 6) is 1.39. The molecule has 6 heteroatoms. The number of rotatable bonds is 6. The number of urea groups is 1. The summed E-state index contributed by atoms with van der Waals surface area (Å²) in [5.41, 5.74) is 1.12. The van der Waals surface area contributed by atoms with Gasteiger partial charge in [-0.25, -0.2) is 9.78 Å². The number of nitrogens with one attached hydrogen (secondary N) is 1. The van der Waals surface area contributed by atoms with Gasteiger partial charge in [-0.3, -0.25) is 0 Å². The normalized spacial score (nSPS) is 11.3. The number of anilines is 1. The molecule has 25 heavy (non-hydrogen) atoms. The lowest BCUT2D eigenvalue weighted by Gasteiger charge is -2.21. The average Bonchev–Trinajstić information content (AvgIpc) is 2.62. The summed E-state index contributed by atoms with van der Waals surface area (Å²) in [5, 5.41) is 11.6. The molecule has 1 N–H and O–H groups in total. The first-order chi connectivity index (χ1) is 12.0. The maximum absolute atomic E-state index is 12.2. The van der Waals surface area contributed by atoms with Gasteiger partial charge in [-0.05, 0) is 24.1 Å².